The number of benzene rings is 1. The smallest absolute Gasteiger partial charge is 0.130 e. The molecule has 0 aliphatic rings. The Morgan fingerprint density at radius 2 is 2.29 bits per heavy atom. The van der Waals surface area contributed by atoms with Gasteiger partial charge in [0.2, 0.25) is 0 Å². The van der Waals surface area contributed by atoms with Crippen LogP contribution in [0.2, 0.25) is 0 Å². The fourth-order valence-electron chi connectivity index (χ4n) is 0.954. The molecule has 1 aromatic carbocycles. The monoisotopic (exact) mass is 189 g/mol. The standard InChI is InChI=1S/C11H8FNO/c1-2-5-14-8-10-4-3-9(7-13)6-11(10)12/h1,3-4,6H,5,8H2. The van der Waals surface area contributed by atoms with Gasteiger partial charge < -0.3 is 4.74 Å². The first-order valence-electron chi connectivity index (χ1n) is 3.97. The third-order valence-electron chi connectivity index (χ3n) is 1.63. The van der Waals surface area contributed by atoms with E-state index in [0.29, 0.717) is 11.1 Å². The SMILES string of the molecule is C#CCOCc1ccc(C#N)cc1F. The number of ether oxygens (including phenoxy) is 1. The molecule has 3 heteroatoms. The Labute approximate surface area is 81.9 Å². The van der Waals surface area contributed by atoms with Gasteiger partial charge in [-0.2, -0.15) is 5.26 Å². The highest BCUT2D eigenvalue weighted by Crippen LogP contribution is 2.10. The summed E-state index contributed by atoms with van der Waals surface area (Å²) in [6.45, 7) is 0.279. The predicted octanol–water partition coefficient (Wildman–Crippen LogP) is 1.85. The lowest BCUT2D eigenvalue weighted by Crippen LogP contribution is -1.96. The molecule has 0 saturated carbocycles. The van der Waals surface area contributed by atoms with Gasteiger partial charge in [0.25, 0.3) is 0 Å². The summed E-state index contributed by atoms with van der Waals surface area (Å²) in [5.74, 6) is 1.84. The molecule has 0 amide bonds. The van der Waals surface area contributed by atoms with Gasteiger partial charge in [0.1, 0.15) is 12.4 Å². The van der Waals surface area contributed by atoms with Crippen LogP contribution >= 0.6 is 0 Å². The largest absolute Gasteiger partial charge is 0.364 e. The summed E-state index contributed by atoms with van der Waals surface area (Å²) in [6, 6.07) is 6.08. The van der Waals surface area contributed by atoms with Crippen LogP contribution in [0.4, 0.5) is 4.39 Å². The highest BCUT2D eigenvalue weighted by molar-refractivity contribution is 5.32. The average molecular weight is 189 g/mol. The molecule has 0 bridgehead atoms. The van der Waals surface area contributed by atoms with E-state index in [4.69, 9.17) is 16.4 Å². The molecule has 0 saturated heterocycles. The molecule has 0 fully saturated rings. The van der Waals surface area contributed by atoms with Crippen LogP contribution in [0.3, 0.4) is 0 Å². The summed E-state index contributed by atoms with van der Waals surface area (Å²) in [5.41, 5.74) is 0.697. The summed E-state index contributed by atoms with van der Waals surface area (Å²) in [7, 11) is 0. The van der Waals surface area contributed by atoms with Crippen LogP contribution in [0.15, 0.2) is 18.2 Å². The van der Waals surface area contributed by atoms with Gasteiger partial charge in [0, 0.05) is 5.56 Å². The van der Waals surface area contributed by atoms with Crippen molar-refractivity contribution in [2.45, 2.75) is 6.61 Å². The molecule has 1 aromatic rings. The minimum atomic E-state index is -0.443. The van der Waals surface area contributed by atoms with Crippen LogP contribution < -0.4 is 0 Å². The van der Waals surface area contributed by atoms with Crippen molar-refractivity contribution in [2.75, 3.05) is 6.61 Å². The molecular formula is C11H8FNO. The maximum absolute atomic E-state index is 13.2. The zero-order chi connectivity index (χ0) is 10.4. The van der Waals surface area contributed by atoms with Gasteiger partial charge in [-0.15, -0.1) is 6.42 Å². The number of halogens is 1. The predicted molar refractivity (Wildman–Crippen MR) is 49.6 cm³/mol. The van der Waals surface area contributed by atoms with Gasteiger partial charge in [0.15, 0.2) is 0 Å². The van der Waals surface area contributed by atoms with Gasteiger partial charge >= 0.3 is 0 Å². The van der Waals surface area contributed by atoms with Crippen LogP contribution in [0.1, 0.15) is 11.1 Å². The van der Waals surface area contributed by atoms with E-state index in [2.05, 4.69) is 5.92 Å². The first kappa shape index (κ1) is 10.2. The molecule has 0 unspecified atom stereocenters. The Balaban J connectivity index is 2.71. The molecule has 70 valence electrons. The number of nitriles is 1. The Morgan fingerprint density at radius 3 is 2.86 bits per heavy atom. The van der Waals surface area contributed by atoms with E-state index in [1.807, 2.05) is 6.07 Å². The molecule has 14 heavy (non-hydrogen) atoms. The van der Waals surface area contributed by atoms with E-state index < -0.39 is 5.82 Å². The molecule has 0 heterocycles. The van der Waals surface area contributed by atoms with E-state index in [9.17, 15) is 4.39 Å². The molecule has 0 radical (unpaired) electrons. The fraction of sp³-hybridized carbons (Fsp3) is 0.182. The normalized spacial score (nSPS) is 9.07. The highest BCUT2D eigenvalue weighted by atomic mass is 19.1. The first-order valence-corrected chi connectivity index (χ1v) is 3.97. The van der Waals surface area contributed by atoms with E-state index in [1.165, 1.54) is 18.2 Å². The van der Waals surface area contributed by atoms with Crippen molar-refractivity contribution in [2.24, 2.45) is 0 Å². The van der Waals surface area contributed by atoms with Gasteiger partial charge in [-0.3, -0.25) is 0 Å². The lowest BCUT2D eigenvalue weighted by molar-refractivity contribution is 0.150. The molecular weight excluding hydrogens is 181 g/mol. The van der Waals surface area contributed by atoms with Crippen LogP contribution in [-0.4, -0.2) is 6.61 Å². The fourth-order valence-corrected chi connectivity index (χ4v) is 0.954. The van der Waals surface area contributed by atoms with Crippen molar-refractivity contribution in [3.8, 4) is 18.4 Å². The zero-order valence-corrected chi connectivity index (χ0v) is 7.46. The van der Waals surface area contributed by atoms with E-state index in [1.54, 1.807) is 0 Å². The first-order chi connectivity index (χ1) is 6.77. The maximum atomic E-state index is 13.2. The second-order valence-electron chi connectivity index (χ2n) is 2.61. The Bertz CT molecular complexity index is 401. The summed E-state index contributed by atoms with van der Waals surface area (Å²) < 4.78 is 18.1. The molecule has 0 spiro atoms. The lowest BCUT2D eigenvalue weighted by Gasteiger charge is -2.02. The maximum Gasteiger partial charge on any atom is 0.130 e. The Hall–Kier alpha value is -1.84. The van der Waals surface area contributed by atoms with Crippen molar-refractivity contribution >= 4 is 0 Å². The third kappa shape index (κ3) is 2.58. The molecule has 2 nitrogen and oxygen atoms in total. The molecule has 0 aliphatic carbocycles. The Kier molecular flexibility index (Phi) is 3.67. The molecule has 0 aliphatic heterocycles. The summed E-state index contributed by atoms with van der Waals surface area (Å²) >= 11 is 0. The summed E-state index contributed by atoms with van der Waals surface area (Å²) in [4.78, 5) is 0. The quantitative estimate of drug-likeness (QED) is 0.537. The summed E-state index contributed by atoms with van der Waals surface area (Å²) in [6.07, 6.45) is 4.96. The summed E-state index contributed by atoms with van der Waals surface area (Å²) in [5, 5.41) is 8.49. The van der Waals surface area contributed by atoms with E-state index in [-0.39, 0.29) is 13.2 Å². The molecule has 0 atom stereocenters. The van der Waals surface area contributed by atoms with Gasteiger partial charge in [-0.25, -0.2) is 4.39 Å². The van der Waals surface area contributed by atoms with Crippen molar-refractivity contribution in [3.63, 3.8) is 0 Å². The van der Waals surface area contributed by atoms with Crippen molar-refractivity contribution < 1.29 is 9.13 Å². The van der Waals surface area contributed by atoms with Gasteiger partial charge in [0.05, 0.1) is 18.2 Å². The second-order valence-corrected chi connectivity index (χ2v) is 2.61. The molecule has 0 N–H and O–H groups in total. The van der Waals surface area contributed by atoms with Crippen molar-refractivity contribution in [3.05, 3.63) is 35.1 Å². The number of nitrogens with zero attached hydrogens (tertiary/aromatic N) is 1. The molecule has 1 rings (SSSR count). The zero-order valence-electron chi connectivity index (χ0n) is 7.46. The minimum Gasteiger partial charge on any atom is -0.364 e. The topological polar surface area (TPSA) is 33.0 Å². The third-order valence-corrected chi connectivity index (χ3v) is 1.63. The van der Waals surface area contributed by atoms with E-state index in [0.717, 1.165) is 0 Å². The van der Waals surface area contributed by atoms with Crippen LogP contribution in [0.5, 0.6) is 0 Å². The van der Waals surface area contributed by atoms with Crippen LogP contribution in [0, 0.1) is 29.5 Å². The average Bonchev–Trinajstić information content (AvgIpc) is 2.20. The number of rotatable bonds is 3. The molecule has 0 aromatic heterocycles. The number of hydrogen-bond acceptors (Lipinski definition) is 2. The lowest BCUT2D eigenvalue weighted by atomic mass is 10.1. The second kappa shape index (κ2) is 5.01. The highest BCUT2D eigenvalue weighted by Gasteiger charge is 2.02. The number of terminal acetylenes is 1. The van der Waals surface area contributed by atoms with E-state index >= 15 is 0 Å². The van der Waals surface area contributed by atoms with Gasteiger partial charge in [-0.05, 0) is 12.1 Å². The number of hydrogen-bond donors (Lipinski definition) is 0. The van der Waals surface area contributed by atoms with Crippen molar-refractivity contribution in [1.29, 1.82) is 5.26 Å². The van der Waals surface area contributed by atoms with Crippen LogP contribution in [-0.2, 0) is 11.3 Å². The van der Waals surface area contributed by atoms with Crippen molar-refractivity contribution in [1.82, 2.24) is 0 Å². The van der Waals surface area contributed by atoms with Gasteiger partial charge in [-0.1, -0.05) is 12.0 Å². The minimum absolute atomic E-state index is 0.127. The van der Waals surface area contributed by atoms with Crippen LogP contribution in [0.25, 0.3) is 0 Å². The Morgan fingerprint density at radius 1 is 1.50 bits per heavy atom.